The summed E-state index contributed by atoms with van der Waals surface area (Å²) in [5.41, 5.74) is -3.02. The molecule has 1 atom stereocenters. The van der Waals surface area contributed by atoms with Crippen molar-refractivity contribution in [2.45, 2.75) is 62.7 Å². The van der Waals surface area contributed by atoms with Crippen molar-refractivity contribution in [2.24, 2.45) is 5.41 Å². The van der Waals surface area contributed by atoms with Gasteiger partial charge in [0.25, 0.3) is 10.0 Å². The highest BCUT2D eigenvalue weighted by molar-refractivity contribution is 7.92. The Labute approximate surface area is 212 Å². The molecule has 0 radical (unpaired) electrons. The fourth-order valence-electron chi connectivity index (χ4n) is 4.36. The lowest BCUT2D eigenvalue weighted by molar-refractivity contribution is -0.175. The Morgan fingerprint density at radius 2 is 1.84 bits per heavy atom. The van der Waals surface area contributed by atoms with Crippen LogP contribution < -0.4 is 13.9 Å². The van der Waals surface area contributed by atoms with Crippen molar-refractivity contribution in [2.75, 3.05) is 15.7 Å². The van der Waals surface area contributed by atoms with Crippen molar-refractivity contribution in [1.29, 1.82) is 5.26 Å². The Bertz CT molecular complexity index is 1360. The number of nitrogens with zero attached hydrogens (tertiary/aromatic N) is 3. The molecule has 1 N–H and O–H groups in total. The fraction of sp³-hybridized carbons (Fsp3) is 0.440. The van der Waals surface area contributed by atoms with E-state index in [-0.39, 0.29) is 39.9 Å². The summed E-state index contributed by atoms with van der Waals surface area (Å²) in [7, 11) is -4.21. The molecule has 0 spiro atoms. The number of hydrogen-bond acceptors (Lipinski definition) is 5. The van der Waals surface area contributed by atoms with Gasteiger partial charge in [-0.1, -0.05) is 17.7 Å². The average molecular weight is 538 g/mol. The monoisotopic (exact) mass is 537 g/mol. The van der Waals surface area contributed by atoms with Gasteiger partial charge in [0.05, 0.1) is 34.3 Å². The predicted octanol–water partition coefficient (Wildman–Crippen LogP) is 5.47. The van der Waals surface area contributed by atoms with Crippen LogP contribution in [0.25, 0.3) is 0 Å². The third-order valence-corrected chi connectivity index (χ3v) is 8.69. The molecule has 1 amide bonds. The summed E-state index contributed by atoms with van der Waals surface area (Å²) in [6, 6.07) is 11.8. The minimum absolute atomic E-state index is 0.0396. The molecule has 0 bridgehead atoms. The number of ether oxygens (including phenoxy) is 1. The first-order chi connectivity index (χ1) is 17.1. The second-order valence-electron chi connectivity index (χ2n) is 10.0. The van der Waals surface area contributed by atoms with E-state index in [1.54, 1.807) is 19.1 Å². The van der Waals surface area contributed by atoms with E-state index in [9.17, 15) is 36.8 Å². The second kappa shape index (κ2) is 8.83. The van der Waals surface area contributed by atoms with Crippen LogP contribution in [0.5, 0.6) is 5.75 Å². The number of amides is 1. The Morgan fingerprint density at radius 1 is 1.22 bits per heavy atom. The lowest BCUT2D eigenvalue weighted by Crippen LogP contribution is -2.57. The molecule has 1 aliphatic carbocycles. The molecule has 2 aromatic carbocycles. The zero-order chi connectivity index (χ0) is 27.4. The highest BCUT2D eigenvalue weighted by Crippen LogP contribution is 2.51. The van der Waals surface area contributed by atoms with Crippen molar-refractivity contribution < 1.29 is 36.2 Å². The number of hydrogen-bond donors (Lipinski definition) is 1. The number of carboxylic acid groups (broad SMARTS) is 1. The van der Waals surface area contributed by atoms with E-state index in [1.807, 2.05) is 0 Å². The first kappa shape index (κ1) is 26.6. The van der Waals surface area contributed by atoms with E-state index in [2.05, 4.69) is 6.07 Å². The number of rotatable bonds is 6. The van der Waals surface area contributed by atoms with E-state index in [4.69, 9.17) is 4.74 Å². The van der Waals surface area contributed by atoms with Gasteiger partial charge in [0.2, 0.25) is 0 Å². The molecule has 8 nitrogen and oxygen atoms in total. The Balaban J connectivity index is 1.83. The molecule has 12 heteroatoms. The standard InChI is InChI=1S/C25H26F3N3O5S/c1-16-4-7-19(8-5-16)37(34,35)30-14-18(13-24(15-29)10-11-24)36-21-9-6-17(12-20(21)30)31(22(32)33)23(2,3)25(26,27)28/h4-9,12,18H,10-11,13-14H2,1-3H3,(H,32,33)/t18-/m1/s1. The van der Waals surface area contributed by atoms with E-state index in [1.165, 1.54) is 18.2 Å². The zero-order valence-electron chi connectivity index (χ0n) is 20.4. The van der Waals surface area contributed by atoms with Crippen molar-refractivity contribution in [3.05, 3.63) is 48.0 Å². The number of sulfonamides is 1. The lowest BCUT2D eigenvalue weighted by Gasteiger charge is -2.40. The summed E-state index contributed by atoms with van der Waals surface area (Å²) in [5.74, 6) is 0.0691. The van der Waals surface area contributed by atoms with E-state index in [0.29, 0.717) is 12.8 Å². The Hall–Kier alpha value is -3.46. The summed E-state index contributed by atoms with van der Waals surface area (Å²) < 4.78 is 75.8. The largest absolute Gasteiger partial charge is 0.486 e. The number of benzene rings is 2. The van der Waals surface area contributed by atoms with Gasteiger partial charge in [-0.3, -0.25) is 9.21 Å². The maximum Gasteiger partial charge on any atom is 0.412 e. The number of nitriles is 1. The maximum atomic E-state index is 13.8. The van der Waals surface area contributed by atoms with Gasteiger partial charge < -0.3 is 9.84 Å². The van der Waals surface area contributed by atoms with Crippen molar-refractivity contribution >= 4 is 27.5 Å². The smallest absolute Gasteiger partial charge is 0.412 e. The topological polar surface area (TPSA) is 111 Å². The summed E-state index contributed by atoms with van der Waals surface area (Å²) in [4.78, 5) is 12.1. The van der Waals surface area contributed by atoms with Crippen LogP contribution in [-0.4, -0.2) is 44.0 Å². The van der Waals surface area contributed by atoms with E-state index < -0.39 is 39.4 Å². The number of halogens is 3. The number of fused-ring (bicyclic) bond motifs is 1. The van der Waals surface area contributed by atoms with Crippen molar-refractivity contribution in [3.63, 3.8) is 0 Å². The SMILES string of the molecule is Cc1ccc(S(=O)(=O)N2C[C@@H](CC3(C#N)CC3)Oc3ccc(N(C(=O)O)C(C)(C)C(F)(F)F)cc32)cc1. The normalized spacial score (nSPS) is 18.8. The summed E-state index contributed by atoms with van der Waals surface area (Å²) in [5, 5.41) is 19.2. The maximum absolute atomic E-state index is 13.8. The van der Waals surface area contributed by atoms with Gasteiger partial charge in [0.1, 0.15) is 17.4 Å². The summed E-state index contributed by atoms with van der Waals surface area (Å²) in [6.07, 6.45) is -5.82. The van der Waals surface area contributed by atoms with Crippen LogP contribution in [0.1, 0.15) is 38.7 Å². The molecule has 2 aliphatic rings. The van der Waals surface area contributed by atoms with E-state index >= 15 is 0 Å². The van der Waals surface area contributed by atoms with Gasteiger partial charge >= 0.3 is 12.3 Å². The van der Waals surface area contributed by atoms with Crippen LogP contribution in [0.3, 0.4) is 0 Å². The molecule has 0 aromatic heterocycles. The third kappa shape index (κ3) is 4.80. The predicted molar refractivity (Wildman–Crippen MR) is 129 cm³/mol. The lowest BCUT2D eigenvalue weighted by atomic mass is 9.99. The molecule has 37 heavy (non-hydrogen) atoms. The van der Waals surface area contributed by atoms with Crippen LogP contribution in [0.2, 0.25) is 0 Å². The minimum atomic E-state index is -4.91. The number of alkyl halides is 3. The molecule has 4 rings (SSSR count). The quantitative estimate of drug-likeness (QED) is 0.523. The number of carbonyl (C=O) groups is 1. The molecule has 1 heterocycles. The average Bonchev–Trinajstić information content (AvgIpc) is 3.57. The minimum Gasteiger partial charge on any atom is -0.486 e. The summed E-state index contributed by atoms with van der Waals surface area (Å²) in [6.45, 7) is 3.06. The molecule has 198 valence electrons. The van der Waals surface area contributed by atoms with E-state index in [0.717, 1.165) is 35.8 Å². The molecular formula is C25H26F3N3O5S. The summed E-state index contributed by atoms with van der Waals surface area (Å²) >= 11 is 0. The van der Waals surface area contributed by atoms with Crippen molar-refractivity contribution in [1.82, 2.24) is 0 Å². The van der Waals surface area contributed by atoms with Crippen LogP contribution in [-0.2, 0) is 10.0 Å². The first-order valence-corrected chi connectivity index (χ1v) is 13.0. The molecule has 1 saturated carbocycles. The molecule has 1 fully saturated rings. The zero-order valence-corrected chi connectivity index (χ0v) is 21.2. The van der Waals surface area contributed by atoms with Gasteiger partial charge in [-0.25, -0.2) is 13.2 Å². The van der Waals surface area contributed by atoms with Gasteiger partial charge in [-0.2, -0.15) is 18.4 Å². The highest BCUT2D eigenvalue weighted by atomic mass is 32.2. The van der Waals surface area contributed by atoms with Crippen LogP contribution in [0.4, 0.5) is 29.3 Å². The van der Waals surface area contributed by atoms with Gasteiger partial charge in [0, 0.05) is 6.42 Å². The first-order valence-electron chi connectivity index (χ1n) is 11.5. The molecular weight excluding hydrogens is 511 g/mol. The highest BCUT2D eigenvalue weighted by Gasteiger charge is 2.54. The van der Waals surface area contributed by atoms with Crippen LogP contribution >= 0.6 is 0 Å². The van der Waals surface area contributed by atoms with Gasteiger partial charge in [-0.05, 0) is 63.9 Å². The molecule has 0 unspecified atom stereocenters. The Morgan fingerprint density at radius 3 is 2.35 bits per heavy atom. The molecule has 1 aliphatic heterocycles. The fourth-order valence-corrected chi connectivity index (χ4v) is 5.86. The third-order valence-electron chi connectivity index (χ3n) is 6.89. The molecule has 0 saturated heterocycles. The van der Waals surface area contributed by atoms with Crippen molar-refractivity contribution in [3.8, 4) is 11.8 Å². The number of aryl methyl sites for hydroxylation is 1. The van der Waals surface area contributed by atoms with Crippen LogP contribution in [0, 0.1) is 23.7 Å². The Kier molecular flexibility index (Phi) is 6.35. The van der Waals surface area contributed by atoms with Crippen LogP contribution in [0.15, 0.2) is 47.4 Å². The number of anilines is 2. The molecule has 2 aromatic rings. The van der Waals surface area contributed by atoms with Gasteiger partial charge in [-0.15, -0.1) is 0 Å². The van der Waals surface area contributed by atoms with Gasteiger partial charge in [0.15, 0.2) is 0 Å². The second-order valence-corrected chi connectivity index (χ2v) is 11.9.